The van der Waals surface area contributed by atoms with Crippen molar-refractivity contribution in [1.29, 1.82) is 0 Å². The van der Waals surface area contributed by atoms with E-state index >= 15 is 0 Å². The van der Waals surface area contributed by atoms with Crippen LogP contribution in [0.4, 0.5) is 0 Å². The van der Waals surface area contributed by atoms with Crippen molar-refractivity contribution in [3.63, 3.8) is 0 Å². The number of benzene rings is 1. The fraction of sp³-hybridized carbons (Fsp3) is 0.133. The third-order valence-electron chi connectivity index (χ3n) is 3.33. The van der Waals surface area contributed by atoms with Crippen molar-refractivity contribution in [1.82, 2.24) is 14.1 Å². The lowest BCUT2D eigenvalue weighted by atomic mass is 10.1. The monoisotopic (exact) mass is 283 g/mol. The van der Waals surface area contributed by atoms with Gasteiger partial charge in [-0.3, -0.25) is 14.2 Å². The van der Waals surface area contributed by atoms with Crippen molar-refractivity contribution in [3.05, 3.63) is 53.2 Å². The minimum atomic E-state index is -1.07. The number of aryl methyl sites for hydroxylation is 1. The highest BCUT2D eigenvalue weighted by molar-refractivity contribution is 5.92. The summed E-state index contributed by atoms with van der Waals surface area (Å²) >= 11 is 0. The van der Waals surface area contributed by atoms with Gasteiger partial charge in [-0.05, 0) is 5.56 Å². The van der Waals surface area contributed by atoms with Gasteiger partial charge in [0.15, 0.2) is 0 Å². The van der Waals surface area contributed by atoms with Gasteiger partial charge in [0.25, 0.3) is 5.56 Å². The molecule has 0 unspecified atom stereocenters. The molecule has 0 amide bonds. The Bertz CT molecular complexity index is 878. The second kappa shape index (κ2) is 4.90. The lowest BCUT2D eigenvalue weighted by Crippen LogP contribution is -2.25. The molecule has 0 bridgehead atoms. The first-order valence-corrected chi connectivity index (χ1v) is 6.39. The lowest BCUT2D eigenvalue weighted by molar-refractivity contribution is -0.137. The number of aromatic nitrogens is 3. The molecule has 2 heterocycles. The van der Waals surface area contributed by atoms with Gasteiger partial charge in [-0.2, -0.15) is 0 Å². The van der Waals surface area contributed by atoms with E-state index in [2.05, 4.69) is 4.98 Å². The molecule has 0 aliphatic carbocycles. The highest BCUT2D eigenvalue weighted by Crippen LogP contribution is 2.26. The lowest BCUT2D eigenvalue weighted by Gasteiger charge is -2.03. The molecule has 1 N–H and O–H groups in total. The number of hydrogen-bond donors (Lipinski definition) is 1. The summed E-state index contributed by atoms with van der Waals surface area (Å²) in [5.41, 5.74) is 2.44. The fourth-order valence-corrected chi connectivity index (χ4v) is 2.40. The molecule has 0 aliphatic heterocycles. The Morgan fingerprint density at radius 2 is 2.00 bits per heavy atom. The number of rotatable bonds is 3. The molecule has 0 radical (unpaired) electrons. The summed E-state index contributed by atoms with van der Waals surface area (Å²) < 4.78 is 2.78. The molecule has 0 saturated heterocycles. The van der Waals surface area contributed by atoms with Crippen LogP contribution in [0, 0.1) is 0 Å². The number of carboxylic acid groups (broad SMARTS) is 1. The van der Waals surface area contributed by atoms with Crippen molar-refractivity contribution in [3.8, 4) is 11.1 Å². The van der Waals surface area contributed by atoms with Crippen molar-refractivity contribution in [2.45, 2.75) is 6.54 Å². The number of aliphatic carboxylic acids is 1. The maximum atomic E-state index is 12.4. The first-order valence-electron chi connectivity index (χ1n) is 6.39. The summed E-state index contributed by atoms with van der Waals surface area (Å²) in [5, 5.41) is 8.82. The van der Waals surface area contributed by atoms with E-state index in [1.807, 2.05) is 36.5 Å². The van der Waals surface area contributed by atoms with Crippen molar-refractivity contribution in [2.24, 2.45) is 7.05 Å². The molecular weight excluding hydrogens is 270 g/mol. The van der Waals surface area contributed by atoms with Crippen LogP contribution in [-0.2, 0) is 18.4 Å². The van der Waals surface area contributed by atoms with Crippen LogP contribution in [0.25, 0.3) is 22.2 Å². The fourth-order valence-electron chi connectivity index (χ4n) is 2.40. The summed E-state index contributed by atoms with van der Waals surface area (Å²) in [5.74, 6) is -1.07. The zero-order chi connectivity index (χ0) is 15.0. The van der Waals surface area contributed by atoms with Crippen LogP contribution in [0.15, 0.2) is 47.7 Å². The van der Waals surface area contributed by atoms with Crippen LogP contribution in [0.2, 0.25) is 0 Å². The molecule has 21 heavy (non-hydrogen) atoms. The third kappa shape index (κ3) is 2.20. The van der Waals surface area contributed by atoms with Gasteiger partial charge in [0, 0.05) is 18.8 Å². The molecule has 0 aliphatic rings. The van der Waals surface area contributed by atoms with Gasteiger partial charge < -0.3 is 9.67 Å². The molecule has 0 fully saturated rings. The molecule has 1 aromatic carbocycles. The third-order valence-corrected chi connectivity index (χ3v) is 3.33. The van der Waals surface area contributed by atoms with Crippen LogP contribution in [-0.4, -0.2) is 25.2 Å². The number of nitrogens with zero attached hydrogens (tertiary/aromatic N) is 3. The predicted molar refractivity (Wildman–Crippen MR) is 78.0 cm³/mol. The SMILES string of the molecule is Cn1cc(-c2ccccc2)c2ncn(CC(=O)O)c(=O)c21. The zero-order valence-corrected chi connectivity index (χ0v) is 11.4. The van der Waals surface area contributed by atoms with E-state index in [-0.39, 0.29) is 5.56 Å². The maximum absolute atomic E-state index is 12.4. The van der Waals surface area contributed by atoms with Gasteiger partial charge in [-0.25, -0.2) is 4.98 Å². The number of carboxylic acids is 1. The first-order chi connectivity index (χ1) is 10.1. The Morgan fingerprint density at radius 1 is 1.29 bits per heavy atom. The zero-order valence-electron chi connectivity index (χ0n) is 11.4. The smallest absolute Gasteiger partial charge is 0.323 e. The van der Waals surface area contributed by atoms with Crippen LogP contribution < -0.4 is 5.56 Å². The Labute approximate surface area is 119 Å². The predicted octanol–water partition coefficient (Wildman–Crippen LogP) is 1.49. The second-order valence-corrected chi connectivity index (χ2v) is 4.79. The average molecular weight is 283 g/mol. The second-order valence-electron chi connectivity index (χ2n) is 4.79. The van der Waals surface area contributed by atoms with E-state index in [1.165, 1.54) is 6.33 Å². The molecule has 3 rings (SSSR count). The highest BCUT2D eigenvalue weighted by atomic mass is 16.4. The normalized spacial score (nSPS) is 10.9. The molecule has 6 nitrogen and oxygen atoms in total. The van der Waals surface area contributed by atoms with E-state index in [0.717, 1.165) is 15.7 Å². The summed E-state index contributed by atoms with van der Waals surface area (Å²) in [7, 11) is 1.75. The summed E-state index contributed by atoms with van der Waals surface area (Å²) in [6, 6.07) is 9.64. The van der Waals surface area contributed by atoms with Crippen LogP contribution in [0.3, 0.4) is 0 Å². The topological polar surface area (TPSA) is 77.1 Å². The average Bonchev–Trinajstić information content (AvgIpc) is 2.80. The van der Waals surface area contributed by atoms with E-state index in [0.29, 0.717) is 11.0 Å². The molecule has 6 heteroatoms. The minimum absolute atomic E-state index is 0.355. The summed E-state index contributed by atoms with van der Waals surface area (Å²) in [4.78, 5) is 27.4. The largest absolute Gasteiger partial charge is 0.480 e. The number of fused-ring (bicyclic) bond motifs is 1. The van der Waals surface area contributed by atoms with Gasteiger partial charge in [-0.15, -0.1) is 0 Å². The molecule has 0 saturated carbocycles. The van der Waals surface area contributed by atoms with E-state index in [9.17, 15) is 9.59 Å². The van der Waals surface area contributed by atoms with Gasteiger partial charge in [-0.1, -0.05) is 30.3 Å². The maximum Gasteiger partial charge on any atom is 0.323 e. The standard InChI is InChI=1S/C15H13N3O3/c1-17-7-11(10-5-3-2-4-6-10)13-14(17)15(21)18(9-16-13)8-12(19)20/h2-7,9H,8H2,1H3,(H,19,20). The number of carbonyl (C=O) groups is 1. The Morgan fingerprint density at radius 3 is 2.67 bits per heavy atom. The number of hydrogen-bond acceptors (Lipinski definition) is 3. The summed E-state index contributed by atoms with van der Waals surface area (Å²) in [6.07, 6.45) is 3.12. The molecule has 0 spiro atoms. The highest BCUT2D eigenvalue weighted by Gasteiger charge is 2.15. The molecule has 106 valence electrons. The quantitative estimate of drug-likeness (QED) is 0.790. The molecule has 0 atom stereocenters. The molecule has 3 aromatic rings. The first kappa shape index (κ1) is 13.1. The Hall–Kier alpha value is -2.89. The Balaban J connectivity index is 2.26. The summed E-state index contributed by atoms with van der Waals surface area (Å²) in [6.45, 7) is -0.395. The molecule has 2 aromatic heterocycles. The van der Waals surface area contributed by atoms with Crippen molar-refractivity contribution < 1.29 is 9.90 Å². The van der Waals surface area contributed by atoms with Gasteiger partial charge in [0.1, 0.15) is 17.6 Å². The van der Waals surface area contributed by atoms with Gasteiger partial charge in [0.05, 0.1) is 6.33 Å². The molecular formula is C15H13N3O3. The van der Waals surface area contributed by atoms with Gasteiger partial charge >= 0.3 is 5.97 Å². The van der Waals surface area contributed by atoms with Crippen LogP contribution >= 0.6 is 0 Å². The van der Waals surface area contributed by atoms with Crippen molar-refractivity contribution >= 4 is 17.0 Å². The van der Waals surface area contributed by atoms with Crippen molar-refractivity contribution in [2.75, 3.05) is 0 Å². The Kier molecular flexibility index (Phi) is 3.06. The minimum Gasteiger partial charge on any atom is -0.480 e. The van der Waals surface area contributed by atoms with E-state index < -0.39 is 12.5 Å². The van der Waals surface area contributed by atoms with E-state index in [1.54, 1.807) is 11.6 Å². The van der Waals surface area contributed by atoms with E-state index in [4.69, 9.17) is 5.11 Å². The van der Waals surface area contributed by atoms with Gasteiger partial charge in [0.2, 0.25) is 0 Å². The van der Waals surface area contributed by atoms with Crippen LogP contribution in [0.1, 0.15) is 0 Å². The van der Waals surface area contributed by atoms with Crippen LogP contribution in [0.5, 0.6) is 0 Å².